The summed E-state index contributed by atoms with van der Waals surface area (Å²) in [5.41, 5.74) is -0.530. The Labute approximate surface area is 122 Å². The normalized spacial score (nSPS) is 27.8. The number of carbonyl (C=O) groups is 2. The molecule has 1 saturated heterocycles. The van der Waals surface area contributed by atoms with Gasteiger partial charge in [0.25, 0.3) is 0 Å². The van der Waals surface area contributed by atoms with Crippen LogP contribution in [0.1, 0.15) is 40.0 Å². The van der Waals surface area contributed by atoms with Crippen molar-refractivity contribution in [3.05, 3.63) is 0 Å². The molecule has 0 aromatic carbocycles. The van der Waals surface area contributed by atoms with Gasteiger partial charge >= 0.3 is 6.18 Å². The molecular weight excluding hydrogens is 285 g/mol. The minimum absolute atomic E-state index is 0.00287. The van der Waals surface area contributed by atoms with E-state index >= 15 is 0 Å². The predicted molar refractivity (Wildman–Crippen MR) is 70.3 cm³/mol. The summed E-state index contributed by atoms with van der Waals surface area (Å²) in [5.74, 6) is -0.717. The van der Waals surface area contributed by atoms with Crippen LogP contribution in [0.2, 0.25) is 0 Å². The van der Waals surface area contributed by atoms with Gasteiger partial charge in [-0.15, -0.1) is 0 Å². The topological polar surface area (TPSA) is 49.4 Å². The molecule has 1 N–H and O–H groups in total. The lowest BCUT2D eigenvalue weighted by molar-refractivity contribution is -0.161. The Bertz CT molecular complexity index is 438. The fraction of sp³-hybridized carbons (Fsp3) is 0.857. The fourth-order valence-electron chi connectivity index (χ4n) is 2.70. The van der Waals surface area contributed by atoms with Crippen molar-refractivity contribution in [3.63, 3.8) is 0 Å². The van der Waals surface area contributed by atoms with Crippen LogP contribution in [0.25, 0.3) is 0 Å². The molecule has 21 heavy (non-hydrogen) atoms. The summed E-state index contributed by atoms with van der Waals surface area (Å²) in [6.07, 6.45) is -3.84. The Kier molecular flexibility index (Phi) is 3.97. The van der Waals surface area contributed by atoms with E-state index in [1.807, 2.05) is 0 Å². The van der Waals surface area contributed by atoms with E-state index in [-0.39, 0.29) is 11.8 Å². The van der Waals surface area contributed by atoms with E-state index in [1.165, 1.54) is 0 Å². The zero-order valence-corrected chi connectivity index (χ0v) is 12.5. The lowest BCUT2D eigenvalue weighted by Gasteiger charge is -2.43. The highest BCUT2D eigenvalue weighted by atomic mass is 19.4. The number of hydrogen-bond donors (Lipinski definition) is 1. The van der Waals surface area contributed by atoms with E-state index < -0.39 is 42.5 Å². The molecule has 0 bridgehead atoms. The Morgan fingerprint density at radius 3 is 2.19 bits per heavy atom. The number of carbonyl (C=O) groups excluding carboxylic acids is 2. The minimum atomic E-state index is -4.33. The molecule has 0 aromatic heterocycles. The highest BCUT2D eigenvalue weighted by molar-refractivity contribution is 5.97. The van der Waals surface area contributed by atoms with Gasteiger partial charge in [0.15, 0.2) is 0 Å². The predicted octanol–water partition coefficient (Wildman–Crippen LogP) is 2.09. The van der Waals surface area contributed by atoms with Crippen LogP contribution < -0.4 is 5.32 Å². The van der Waals surface area contributed by atoms with Gasteiger partial charge in [0, 0.05) is 6.54 Å². The van der Waals surface area contributed by atoms with Crippen LogP contribution in [-0.2, 0) is 9.59 Å². The van der Waals surface area contributed by atoms with E-state index in [4.69, 9.17) is 0 Å². The Hall–Kier alpha value is -1.27. The Balaban J connectivity index is 2.20. The van der Waals surface area contributed by atoms with Crippen molar-refractivity contribution in [2.75, 3.05) is 6.54 Å². The first-order valence-electron chi connectivity index (χ1n) is 7.18. The van der Waals surface area contributed by atoms with Gasteiger partial charge in [-0.3, -0.25) is 9.59 Å². The molecule has 1 heterocycles. The molecule has 1 saturated carbocycles. The summed E-state index contributed by atoms with van der Waals surface area (Å²) in [7, 11) is 0. The molecule has 120 valence electrons. The van der Waals surface area contributed by atoms with Gasteiger partial charge in [0.1, 0.15) is 12.1 Å². The van der Waals surface area contributed by atoms with Crippen molar-refractivity contribution in [2.45, 2.75) is 58.3 Å². The number of alkyl halides is 3. The standard InChI is InChI=1S/C14H21F3N2O2/c1-13(2,3)10-12(21)19(7-6-14(15,16)17)9(8-4-5-8)11(20)18-10/h8-10H,4-7H2,1-3H3,(H,18,20). The number of halogens is 3. The van der Waals surface area contributed by atoms with Crippen LogP contribution in [0.5, 0.6) is 0 Å². The number of amides is 2. The summed E-state index contributed by atoms with van der Waals surface area (Å²) in [4.78, 5) is 25.9. The molecule has 2 aliphatic rings. The number of nitrogens with one attached hydrogen (secondary N) is 1. The molecule has 1 aliphatic carbocycles. The second-order valence-corrected chi connectivity index (χ2v) is 6.99. The van der Waals surface area contributed by atoms with Crippen molar-refractivity contribution in [1.29, 1.82) is 0 Å². The second-order valence-electron chi connectivity index (χ2n) is 6.99. The molecule has 1 aliphatic heterocycles. The molecule has 4 nitrogen and oxygen atoms in total. The first-order valence-corrected chi connectivity index (χ1v) is 7.18. The van der Waals surface area contributed by atoms with Gasteiger partial charge in [0.2, 0.25) is 11.8 Å². The van der Waals surface area contributed by atoms with Crippen molar-refractivity contribution >= 4 is 11.8 Å². The Morgan fingerprint density at radius 2 is 1.76 bits per heavy atom. The van der Waals surface area contributed by atoms with E-state index in [9.17, 15) is 22.8 Å². The molecule has 2 fully saturated rings. The van der Waals surface area contributed by atoms with Gasteiger partial charge in [-0.1, -0.05) is 20.8 Å². The first kappa shape index (κ1) is 16.1. The molecular formula is C14H21F3N2O2. The fourth-order valence-corrected chi connectivity index (χ4v) is 2.70. The van der Waals surface area contributed by atoms with Crippen LogP contribution in [-0.4, -0.2) is 41.5 Å². The SMILES string of the molecule is CC(C)(C)C1NC(=O)C(C2CC2)N(CCC(F)(F)F)C1=O. The third kappa shape index (κ3) is 3.68. The van der Waals surface area contributed by atoms with Crippen LogP contribution in [0.3, 0.4) is 0 Å². The van der Waals surface area contributed by atoms with Crippen molar-refractivity contribution < 1.29 is 22.8 Å². The smallest absolute Gasteiger partial charge is 0.342 e. The van der Waals surface area contributed by atoms with E-state index in [2.05, 4.69) is 5.32 Å². The number of nitrogens with zero attached hydrogens (tertiary/aromatic N) is 1. The quantitative estimate of drug-likeness (QED) is 0.868. The van der Waals surface area contributed by atoms with Crippen LogP contribution in [0.15, 0.2) is 0 Å². The summed E-state index contributed by atoms with van der Waals surface area (Å²) in [5, 5.41) is 2.69. The van der Waals surface area contributed by atoms with Gasteiger partial charge in [0.05, 0.1) is 6.42 Å². The number of piperazine rings is 1. The maximum atomic E-state index is 12.5. The molecule has 2 amide bonds. The lowest BCUT2D eigenvalue weighted by Crippen LogP contribution is -2.67. The second kappa shape index (κ2) is 5.18. The van der Waals surface area contributed by atoms with Gasteiger partial charge in [-0.2, -0.15) is 13.2 Å². The van der Waals surface area contributed by atoms with Gasteiger partial charge in [-0.05, 0) is 24.2 Å². The van der Waals surface area contributed by atoms with Gasteiger partial charge < -0.3 is 10.2 Å². The molecule has 7 heteroatoms. The van der Waals surface area contributed by atoms with E-state index in [1.54, 1.807) is 20.8 Å². The largest absolute Gasteiger partial charge is 0.390 e. The third-order valence-corrected chi connectivity index (χ3v) is 3.99. The number of rotatable bonds is 3. The maximum absolute atomic E-state index is 12.5. The highest BCUT2D eigenvalue weighted by Gasteiger charge is 2.50. The molecule has 0 radical (unpaired) electrons. The van der Waals surface area contributed by atoms with Gasteiger partial charge in [-0.25, -0.2) is 0 Å². The minimum Gasteiger partial charge on any atom is -0.342 e. The summed E-state index contributed by atoms with van der Waals surface area (Å²) in [6, 6.07) is -1.51. The number of hydrogen-bond acceptors (Lipinski definition) is 2. The van der Waals surface area contributed by atoms with E-state index in [0.717, 1.165) is 17.7 Å². The lowest BCUT2D eigenvalue weighted by atomic mass is 9.83. The zero-order valence-electron chi connectivity index (χ0n) is 12.5. The zero-order chi connectivity index (χ0) is 16.0. The molecule has 2 rings (SSSR count). The summed E-state index contributed by atoms with van der Waals surface area (Å²) >= 11 is 0. The molecule has 2 unspecified atom stereocenters. The average molecular weight is 306 g/mol. The van der Waals surface area contributed by atoms with Crippen molar-refractivity contribution in [2.24, 2.45) is 11.3 Å². The molecule has 0 aromatic rings. The van der Waals surface area contributed by atoms with Crippen LogP contribution in [0.4, 0.5) is 13.2 Å². The monoisotopic (exact) mass is 306 g/mol. The van der Waals surface area contributed by atoms with Crippen molar-refractivity contribution in [3.8, 4) is 0 Å². The maximum Gasteiger partial charge on any atom is 0.390 e. The molecule has 2 atom stereocenters. The summed E-state index contributed by atoms with van der Waals surface area (Å²) < 4.78 is 37.4. The van der Waals surface area contributed by atoms with Crippen molar-refractivity contribution in [1.82, 2.24) is 10.2 Å². The van der Waals surface area contributed by atoms with Crippen LogP contribution >= 0.6 is 0 Å². The Morgan fingerprint density at radius 1 is 1.19 bits per heavy atom. The highest BCUT2D eigenvalue weighted by Crippen LogP contribution is 2.39. The molecule has 0 spiro atoms. The summed E-state index contributed by atoms with van der Waals surface area (Å²) in [6.45, 7) is 4.92. The van der Waals surface area contributed by atoms with Crippen LogP contribution in [0, 0.1) is 11.3 Å². The average Bonchev–Trinajstić information content (AvgIpc) is 3.10. The first-order chi connectivity index (χ1) is 9.50. The third-order valence-electron chi connectivity index (χ3n) is 3.99. The van der Waals surface area contributed by atoms with E-state index in [0.29, 0.717) is 0 Å².